The highest BCUT2D eigenvalue weighted by Gasteiger charge is 2.63. The lowest BCUT2D eigenvalue weighted by Crippen LogP contribution is -2.62. The third kappa shape index (κ3) is 3.99. The second-order valence-corrected chi connectivity index (χ2v) is 10.5. The van der Waals surface area contributed by atoms with E-state index in [0.717, 1.165) is 0 Å². The highest BCUT2D eigenvalue weighted by molar-refractivity contribution is 7.89. The second kappa shape index (κ2) is 7.98. The van der Waals surface area contributed by atoms with E-state index in [-0.39, 0.29) is 36.6 Å². The molecule has 2 aliphatic rings. The van der Waals surface area contributed by atoms with Gasteiger partial charge in [0.15, 0.2) is 0 Å². The Kier molecular flexibility index (Phi) is 5.64. The van der Waals surface area contributed by atoms with Crippen molar-refractivity contribution in [1.82, 2.24) is 9.62 Å². The first-order valence-corrected chi connectivity index (χ1v) is 12.1. The van der Waals surface area contributed by atoms with Crippen LogP contribution in [0.5, 0.6) is 0 Å². The summed E-state index contributed by atoms with van der Waals surface area (Å²) >= 11 is 0. The molecule has 2 aromatic rings. The van der Waals surface area contributed by atoms with Crippen LogP contribution >= 0.6 is 0 Å². The van der Waals surface area contributed by atoms with Gasteiger partial charge in [0.05, 0.1) is 11.7 Å². The minimum Gasteiger partial charge on any atom is -0.337 e. The van der Waals surface area contributed by atoms with E-state index < -0.39 is 27.4 Å². The minimum atomic E-state index is -3.37. The molecule has 8 heteroatoms. The molecule has 0 bridgehead atoms. The highest BCUT2D eigenvalue weighted by Crippen LogP contribution is 2.59. The predicted molar refractivity (Wildman–Crippen MR) is 115 cm³/mol. The number of hydrogen-bond donors (Lipinski definition) is 1. The van der Waals surface area contributed by atoms with Gasteiger partial charge in [-0.15, -0.1) is 0 Å². The molecule has 1 N–H and O–H groups in total. The number of nitrogens with one attached hydrogen (secondary N) is 1. The second-order valence-electron chi connectivity index (χ2n) is 8.43. The van der Waals surface area contributed by atoms with E-state index in [1.165, 1.54) is 6.07 Å². The zero-order chi connectivity index (χ0) is 22.4. The molecule has 0 radical (unpaired) electrons. The minimum absolute atomic E-state index is 0.0366. The molecule has 1 heterocycles. The van der Waals surface area contributed by atoms with E-state index in [1.54, 1.807) is 54.3 Å². The van der Waals surface area contributed by atoms with Crippen LogP contribution in [0.15, 0.2) is 48.5 Å². The quantitative estimate of drug-likeness (QED) is 0.706. The topological polar surface area (TPSA) is 66.5 Å². The number of nitrogens with zero attached hydrogens (tertiary/aromatic N) is 1. The summed E-state index contributed by atoms with van der Waals surface area (Å²) in [7, 11) is -3.37. The van der Waals surface area contributed by atoms with Crippen molar-refractivity contribution in [3.8, 4) is 11.1 Å². The van der Waals surface area contributed by atoms with Crippen LogP contribution in [0.25, 0.3) is 11.1 Å². The number of alkyl halides is 1. The largest absolute Gasteiger partial charge is 0.337 e. The van der Waals surface area contributed by atoms with Crippen LogP contribution < -0.4 is 4.72 Å². The number of halogens is 2. The molecule has 1 aliphatic heterocycles. The van der Waals surface area contributed by atoms with Crippen molar-refractivity contribution in [3.63, 3.8) is 0 Å². The van der Waals surface area contributed by atoms with Crippen molar-refractivity contribution >= 4 is 15.9 Å². The standard InChI is InChI=1S/C23H26F2N2O3S/c1-3-31(29,30)26-13-21-15(2)14-27(21)22(28)19-12-23(19,25)18-10-6-4-8-16(18)17-9-5-7-11-20(17)24/h4-11,15,19,21,26H,3,12-14H2,1-2H3/t15-,19+,21-,23-/m1/s1. The smallest absolute Gasteiger partial charge is 0.229 e. The molecule has 166 valence electrons. The van der Waals surface area contributed by atoms with E-state index in [4.69, 9.17) is 0 Å². The molecule has 2 fully saturated rings. The van der Waals surface area contributed by atoms with Gasteiger partial charge in [-0.1, -0.05) is 49.4 Å². The Balaban J connectivity index is 1.53. The number of hydrogen-bond acceptors (Lipinski definition) is 3. The predicted octanol–water partition coefficient (Wildman–Crippen LogP) is 3.46. The molecule has 0 aromatic heterocycles. The van der Waals surface area contributed by atoms with E-state index in [1.807, 2.05) is 6.92 Å². The molecule has 1 aliphatic carbocycles. The van der Waals surface area contributed by atoms with Crippen molar-refractivity contribution in [1.29, 1.82) is 0 Å². The highest BCUT2D eigenvalue weighted by atomic mass is 32.2. The van der Waals surface area contributed by atoms with Gasteiger partial charge in [-0.2, -0.15) is 0 Å². The molecule has 1 saturated carbocycles. The molecule has 4 atom stereocenters. The molecule has 1 amide bonds. The average molecular weight is 449 g/mol. The van der Waals surface area contributed by atoms with Gasteiger partial charge in [0, 0.05) is 31.1 Å². The first kappa shape index (κ1) is 21.9. The lowest BCUT2D eigenvalue weighted by Gasteiger charge is -2.47. The normalized spacial score (nSPS) is 27.6. The molecule has 4 rings (SSSR count). The van der Waals surface area contributed by atoms with E-state index in [2.05, 4.69) is 4.72 Å². The van der Waals surface area contributed by atoms with E-state index in [0.29, 0.717) is 23.2 Å². The van der Waals surface area contributed by atoms with Crippen molar-refractivity contribution in [3.05, 3.63) is 59.9 Å². The molecular weight excluding hydrogens is 422 g/mol. The van der Waals surface area contributed by atoms with Crippen LogP contribution in [-0.4, -0.2) is 44.1 Å². The number of rotatable bonds is 7. The van der Waals surface area contributed by atoms with Crippen molar-refractivity contribution in [2.24, 2.45) is 11.8 Å². The van der Waals surface area contributed by atoms with Crippen LogP contribution in [0.3, 0.4) is 0 Å². The average Bonchev–Trinajstić information content (AvgIpc) is 3.44. The monoisotopic (exact) mass is 448 g/mol. The Bertz CT molecular complexity index is 1110. The van der Waals surface area contributed by atoms with Crippen molar-refractivity contribution in [2.45, 2.75) is 32.0 Å². The van der Waals surface area contributed by atoms with Gasteiger partial charge >= 0.3 is 0 Å². The summed E-state index contributed by atoms with van der Waals surface area (Å²) in [5.41, 5.74) is -0.794. The fourth-order valence-corrected chi connectivity index (χ4v) is 5.02. The van der Waals surface area contributed by atoms with Crippen LogP contribution in [0.1, 0.15) is 25.8 Å². The van der Waals surface area contributed by atoms with Crippen LogP contribution in [0.4, 0.5) is 8.78 Å². The molecular formula is C23H26F2N2O3S. The van der Waals surface area contributed by atoms with Gasteiger partial charge in [-0.3, -0.25) is 4.79 Å². The summed E-state index contributed by atoms with van der Waals surface area (Å²) in [6.45, 7) is 4.09. The van der Waals surface area contributed by atoms with Gasteiger partial charge in [0.2, 0.25) is 15.9 Å². The Morgan fingerprint density at radius 1 is 1.16 bits per heavy atom. The fourth-order valence-electron chi connectivity index (χ4n) is 4.39. The van der Waals surface area contributed by atoms with Crippen molar-refractivity contribution in [2.75, 3.05) is 18.8 Å². The number of likely N-dealkylation sites (tertiary alicyclic amines) is 1. The molecule has 0 unspecified atom stereocenters. The first-order chi connectivity index (χ1) is 14.7. The summed E-state index contributed by atoms with van der Waals surface area (Å²) < 4.78 is 56.3. The van der Waals surface area contributed by atoms with Crippen LogP contribution in [0, 0.1) is 17.7 Å². The Labute approximate surface area is 181 Å². The third-order valence-corrected chi connectivity index (χ3v) is 7.81. The zero-order valence-electron chi connectivity index (χ0n) is 17.5. The maximum atomic E-state index is 15.9. The van der Waals surface area contributed by atoms with Gasteiger partial charge in [0.1, 0.15) is 11.5 Å². The molecule has 2 aromatic carbocycles. The lowest BCUT2D eigenvalue weighted by atomic mass is 9.89. The maximum absolute atomic E-state index is 15.9. The summed E-state index contributed by atoms with van der Waals surface area (Å²) in [4.78, 5) is 14.6. The number of amides is 1. The molecule has 5 nitrogen and oxygen atoms in total. The van der Waals surface area contributed by atoms with Gasteiger partial charge in [-0.05, 0) is 30.0 Å². The number of carbonyl (C=O) groups excluding carboxylic acids is 1. The van der Waals surface area contributed by atoms with Gasteiger partial charge in [0.25, 0.3) is 0 Å². The number of carbonyl (C=O) groups is 1. The van der Waals surface area contributed by atoms with E-state index >= 15 is 4.39 Å². The summed E-state index contributed by atoms with van der Waals surface area (Å²) in [5, 5.41) is 0. The first-order valence-electron chi connectivity index (χ1n) is 10.5. The summed E-state index contributed by atoms with van der Waals surface area (Å²) in [6, 6.07) is 12.6. The molecule has 31 heavy (non-hydrogen) atoms. The third-order valence-electron chi connectivity index (χ3n) is 6.45. The van der Waals surface area contributed by atoms with Gasteiger partial charge < -0.3 is 4.90 Å². The SMILES string of the molecule is CCS(=O)(=O)NC[C@@H]1[C@H](C)CN1C(=O)[C@@H]1C[C@@]1(F)c1ccccc1-c1ccccc1F. The fraction of sp³-hybridized carbons (Fsp3) is 0.435. The molecule has 1 saturated heterocycles. The van der Waals surface area contributed by atoms with Gasteiger partial charge in [-0.25, -0.2) is 21.9 Å². The van der Waals surface area contributed by atoms with Crippen molar-refractivity contribution < 1.29 is 22.0 Å². The Morgan fingerprint density at radius 2 is 1.81 bits per heavy atom. The number of sulfonamides is 1. The lowest BCUT2D eigenvalue weighted by molar-refractivity contribution is -0.145. The van der Waals surface area contributed by atoms with Crippen LogP contribution in [-0.2, 0) is 20.5 Å². The zero-order valence-corrected chi connectivity index (χ0v) is 18.3. The maximum Gasteiger partial charge on any atom is 0.229 e. The number of benzene rings is 2. The Morgan fingerprint density at radius 3 is 2.45 bits per heavy atom. The summed E-state index contributed by atoms with van der Waals surface area (Å²) in [5.74, 6) is -1.52. The Hall–Kier alpha value is -2.32. The van der Waals surface area contributed by atoms with E-state index in [9.17, 15) is 17.6 Å². The van der Waals surface area contributed by atoms with Crippen LogP contribution in [0.2, 0.25) is 0 Å². The molecule has 0 spiro atoms. The summed E-state index contributed by atoms with van der Waals surface area (Å²) in [6.07, 6.45) is 0.0373.